The second-order valence-corrected chi connectivity index (χ2v) is 4.74. The van der Waals surface area contributed by atoms with Crippen LogP contribution in [0.1, 0.15) is 0 Å². The zero-order valence-corrected chi connectivity index (χ0v) is 8.64. The monoisotopic (exact) mass is 214 g/mol. The quantitative estimate of drug-likeness (QED) is 0.701. The van der Waals surface area contributed by atoms with Crippen LogP contribution >= 0.6 is 11.6 Å². The van der Waals surface area contributed by atoms with Crippen LogP contribution in [-0.2, 0) is 9.84 Å². The van der Waals surface area contributed by atoms with Gasteiger partial charge in [-0.2, -0.15) is 0 Å². The molecule has 0 aliphatic rings. The molecule has 0 saturated carbocycles. The average molecular weight is 214 g/mol. The molecule has 68 valence electrons. The molecule has 2 nitrogen and oxygen atoms in total. The van der Waals surface area contributed by atoms with E-state index in [0.29, 0.717) is 5.02 Å². The molecule has 0 fully saturated rings. The second-order valence-electron chi connectivity index (χ2n) is 2.47. The normalized spacial score (nSPS) is 11.5. The van der Waals surface area contributed by atoms with E-state index in [9.17, 15) is 8.42 Å². The Kier molecular flexibility index (Phi) is 3.28. The van der Waals surface area contributed by atoms with Crippen molar-refractivity contribution in [1.82, 2.24) is 0 Å². The standard InChI is InChI=1S/C8H8BClO2S/c1-9-6-13(11,12)8-4-2-7(10)3-5-8/h2-6H,1H3. The fraction of sp³-hybridized carbons (Fsp3) is 0.125. The summed E-state index contributed by atoms with van der Waals surface area (Å²) in [6, 6.07) is 6.07. The van der Waals surface area contributed by atoms with Crippen molar-refractivity contribution in [1.29, 1.82) is 0 Å². The van der Waals surface area contributed by atoms with E-state index in [-0.39, 0.29) is 4.90 Å². The van der Waals surface area contributed by atoms with Gasteiger partial charge in [0.15, 0.2) is 0 Å². The molecule has 0 heterocycles. The molecule has 0 amide bonds. The van der Waals surface area contributed by atoms with Crippen molar-refractivity contribution in [3.63, 3.8) is 0 Å². The van der Waals surface area contributed by atoms with Gasteiger partial charge in [-0.05, 0) is 0 Å². The summed E-state index contributed by atoms with van der Waals surface area (Å²) < 4.78 is 22.8. The first-order chi connectivity index (χ1) is 6.06. The van der Waals surface area contributed by atoms with Crippen LogP contribution in [0.3, 0.4) is 0 Å². The van der Waals surface area contributed by atoms with Crippen LogP contribution in [0.5, 0.6) is 0 Å². The number of benzene rings is 1. The Bertz CT molecular complexity index is 408. The molecule has 0 saturated heterocycles. The van der Waals surface area contributed by atoms with E-state index >= 15 is 0 Å². The van der Waals surface area contributed by atoms with Crippen LogP contribution < -0.4 is 0 Å². The van der Waals surface area contributed by atoms with E-state index in [0.717, 1.165) is 5.30 Å². The van der Waals surface area contributed by atoms with Gasteiger partial charge in [-0.25, -0.2) is 0 Å². The minimum absolute atomic E-state index is 0.259. The fourth-order valence-corrected chi connectivity index (χ4v) is 2.04. The van der Waals surface area contributed by atoms with E-state index in [4.69, 9.17) is 11.6 Å². The first-order valence-electron chi connectivity index (χ1n) is 3.69. The van der Waals surface area contributed by atoms with E-state index in [1.165, 1.54) is 19.1 Å². The van der Waals surface area contributed by atoms with Crippen molar-refractivity contribution >= 4 is 33.7 Å². The molecule has 0 aliphatic heterocycles. The van der Waals surface area contributed by atoms with Gasteiger partial charge in [-0.3, -0.25) is 0 Å². The maximum absolute atomic E-state index is 11.4. The average Bonchev–Trinajstić information content (AvgIpc) is 2.05. The Labute approximate surface area is 83.4 Å². The summed E-state index contributed by atoms with van der Waals surface area (Å²) >= 11 is 5.63. The van der Waals surface area contributed by atoms with E-state index in [1.54, 1.807) is 19.0 Å². The molecule has 0 aliphatic carbocycles. The van der Waals surface area contributed by atoms with Gasteiger partial charge in [0.25, 0.3) is 0 Å². The molecule has 1 aromatic carbocycles. The van der Waals surface area contributed by atoms with Crippen LogP contribution in [0.15, 0.2) is 29.2 Å². The van der Waals surface area contributed by atoms with Crippen molar-refractivity contribution in [3.8, 4) is 0 Å². The fourth-order valence-electron chi connectivity index (χ4n) is 0.882. The van der Waals surface area contributed by atoms with Crippen molar-refractivity contribution in [2.24, 2.45) is 0 Å². The second kappa shape index (κ2) is 4.07. The summed E-state index contributed by atoms with van der Waals surface area (Å²) in [5.41, 5.74) is 0. The van der Waals surface area contributed by atoms with Gasteiger partial charge in [-0.15, -0.1) is 0 Å². The minimum atomic E-state index is -3.27. The number of sulfone groups is 1. The van der Waals surface area contributed by atoms with Crippen LogP contribution in [0.25, 0.3) is 0 Å². The van der Waals surface area contributed by atoms with E-state index < -0.39 is 9.84 Å². The summed E-state index contributed by atoms with van der Waals surface area (Å²) in [5.74, 6) is 0. The first kappa shape index (κ1) is 10.5. The molecule has 0 spiro atoms. The molecule has 0 aromatic heterocycles. The van der Waals surface area contributed by atoms with Crippen molar-refractivity contribution in [2.75, 3.05) is 0 Å². The molecule has 0 bridgehead atoms. The number of hydrogen-bond donors (Lipinski definition) is 0. The number of rotatable bonds is 2. The zero-order chi connectivity index (χ0) is 9.90. The van der Waals surface area contributed by atoms with Gasteiger partial charge in [0.2, 0.25) is 0 Å². The molecule has 0 unspecified atom stereocenters. The molecule has 1 aromatic rings. The topological polar surface area (TPSA) is 34.1 Å². The summed E-state index contributed by atoms with van der Waals surface area (Å²) in [5, 5.41) is 1.69. The Morgan fingerprint density at radius 3 is 2.31 bits per heavy atom. The summed E-state index contributed by atoms with van der Waals surface area (Å²) in [4.78, 5) is 0.259. The van der Waals surface area contributed by atoms with Gasteiger partial charge < -0.3 is 0 Å². The Morgan fingerprint density at radius 1 is 1.31 bits per heavy atom. The third-order valence-corrected chi connectivity index (χ3v) is 3.27. The molecule has 0 radical (unpaired) electrons. The predicted molar refractivity (Wildman–Crippen MR) is 56.3 cm³/mol. The van der Waals surface area contributed by atoms with Crippen LogP contribution in [0.4, 0.5) is 0 Å². The third-order valence-electron chi connectivity index (χ3n) is 1.46. The summed E-state index contributed by atoms with van der Waals surface area (Å²) in [6.45, 7) is 3.15. The van der Waals surface area contributed by atoms with Crippen LogP contribution in [0.2, 0.25) is 11.8 Å². The van der Waals surface area contributed by atoms with Gasteiger partial charge in [-0.1, -0.05) is 0 Å². The third kappa shape index (κ3) is 2.67. The molecular formula is C8H8BClO2S. The molecule has 1 rings (SSSR count). The van der Waals surface area contributed by atoms with E-state index in [2.05, 4.69) is 0 Å². The first-order valence-corrected chi connectivity index (χ1v) is 5.62. The van der Waals surface area contributed by atoms with Crippen molar-refractivity contribution in [3.05, 3.63) is 29.3 Å². The van der Waals surface area contributed by atoms with Crippen molar-refractivity contribution in [2.45, 2.75) is 11.7 Å². The van der Waals surface area contributed by atoms with Gasteiger partial charge in [0.05, 0.1) is 0 Å². The maximum atomic E-state index is 11.4. The Balaban J connectivity index is 3.17. The number of hydrogen-bond acceptors (Lipinski definition) is 2. The molecule has 0 N–H and O–H groups in total. The van der Waals surface area contributed by atoms with Crippen molar-refractivity contribution < 1.29 is 8.42 Å². The SMILES string of the molecule is CB=CS(=O)(=O)c1ccc(Cl)cc1. The molecule has 5 heteroatoms. The van der Waals surface area contributed by atoms with Gasteiger partial charge in [0.1, 0.15) is 0 Å². The van der Waals surface area contributed by atoms with E-state index in [1.807, 2.05) is 0 Å². The molecule has 0 atom stereocenters. The number of halogens is 1. The summed E-state index contributed by atoms with van der Waals surface area (Å²) in [7, 11) is -3.27. The summed E-state index contributed by atoms with van der Waals surface area (Å²) in [6.07, 6.45) is 0. The molecular weight excluding hydrogens is 206 g/mol. The zero-order valence-electron chi connectivity index (χ0n) is 7.07. The molecule has 13 heavy (non-hydrogen) atoms. The van der Waals surface area contributed by atoms with Crippen LogP contribution in [0, 0.1) is 0 Å². The van der Waals surface area contributed by atoms with Gasteiger partial charge in [0, 0.05) is 0 Å². The predicted octanol–water partition coefficient (Wildman–Crippen LogP) is 1.63. The van der Waals surface area contributed by atoms with Crippen LogP contribution in [-0.4, -0.2) is 20.6 Å². The Hall–Kier alpha value is -0.605. The Morgan fingerprint density at radius 2 is 1.85 bits per heavy atom. The van der Waals surface area contributed by atoms with Gasteiger partial charge >= 0.3 is 83.1 Å².